The van der Waals surface area contributed by atoms with E-state index in [1.807, 2.05) is 6.92 Å². The van der Waals surface area contributed by atoms with Crippen molar-refractivity contribution in [3.8, 4) is 0 Å². The maximum Gasteiger partial charge on any atom is 0.416 e. The second-order valence-electron chi connectivity index (χ2n) is 6.98. The highest BCUT2D eigenvalue weighted by Crippen LogP contribution is 2.33. The monoisotopic (exact) mass is 466 g/mol. The van der Waals surface area contributed by atoms with Crippen molar-refractivity contribution in [2.45, 2.75) is 48.7 Å². The molecule has 2 aromatic rings. The maximum absolute atomic E-state index is 12.8. The molecule has 10 heteroatoms. The lowest BCUT2D eigenvalue weighted by Gasteiger charge is -2.33. The van der Waals surface area contributed by atoms with Gasteiger partial charge < -0.3 is 5.32 Å². The Bertz CT molecular complexity index is 922. The molecule has 3 rings (SSSR count). The van der Waals surface area contributed by atoms with Crippen LogP contribution in [0.5, 0.6) is 0 Å². The van der Waals surface area contributed by atoms with Crippen molar-refractivity contribution in [1.82, 2.24) is 9.62 Å². The van der Waals surface area contributed by atoms with Crippen LogP contribution in [-0.4, -0.2) is 31.9 Å². The van der Waals surface area contributed by atoms with E-state index in [2.05, 4.69) is 5.32 Å². The van der Waals surface area contributed by atoms with Crippen LogP contribution in [0.4, 0.5) is 13.2 Å². The Labute approximate surface area is 177 Å². The molecule has 0 radical (unpaired) electrons. The van der Waals surface area contributed by atoms with E-state index in [0.717, 1.165) is 29.0 Å². The molecule has 29 heavy (non-hydrogen) atoms. The van der Waals surface area contributed by atoms with Gasteiger partial charge in [0.25, 0.3) is 10.0 Å². The first-order valence-corrected chi connectivity index (χ1v) is 12.0. The number of halogens is 4. The van der Waals surface area contributed by atoms with Crippen LogP contribution in [0, 0.1) is 0 Å². The number of benzene rings is 1. The molecule has 1 aromatic carbocycles. The van der Waals surface area contributed by atoms with Gasteiger partial charge in [0.1, 0.15) is 0 Å². The molecule has 4 nitrogen and oxygen atoms in total. The van der Waals surface area contributed by atoms with E-state index >= 15 is 0 Å². The lowest BCUT2D eigenvalue weighted by atomic mass is 9.99. The second kappa shape index (κ2) is 8.93. The van der Waals surface area contributed by atoms with E-state index in [-0.39, 0.29) is 21.3 Å². The van der Waals surface area contributed by atoms with Gasteiger partial charge in [0, 0.05) is 25.2 Å². The number of hydrogen-bond donors (Lipinski definition) is 1. The summed E-state index contributed by atoms with van der Waals surface area (Å²) in [5.74, 6) is 0. The van der Waals surface area contributed by atoms with Crippen LogP contribution in [0.3, 0.4) is 0 Å². The third-order valence-corrected chi connectivity index (χ3v) is 9.00. The number of thiophene rings is 1. The summed E-state index contributed by atoms with van der Waals surface area (Å²) in [5.41, 5.74) is 0.128. The molecule has 1 atom stereocenters. The molecule has 160 valence electrons. The quantitative estimate of drug-likeness (QED) is 0.627. The standard InChI is InChI=1S/C19H22ClF3N2O2S2/c1-2-17(13-3-5-14(6-4-13)19(21,22)23)24-15-7-10-25(11-8-15)29(26,27)18-16(20)9-12-28-18/h3-6,9,12,15,17,24H,2,7-8,10-11H2,1H3. The van der Waals surface area contributed by atoms with E-state index in [1.165, 1.54) is 16.4 Å². The van der Waals surface area contributed by atoms with Gasteiger partial charge in [0.15, 0.2) is 4.21 Å². The normalized spacial score (nSPS) is 18.1. The van der Waals surface area contributed by atoms with Crippen LogP contribution in [0.25, 0.3) is 0 Å². The fourth-order valence-corrected chi connectivity index (χ4v) is 6.76. The molecule has 0 aliphatic carbocycles. The van der Waals surface area contributed by atoms with Crippen molar-refractivity contribution in [2.24, 2.45) is 0 Å². The zero-order chi connectivity index (χ0) is 21.2. The van der Waals surface area contributed by atoms with Crippen molar-refractivity contribution in [3.05, 3.63) is 51.9 Å². The van der Waals surface area contributed by atoms with Gasteiger partial charge in [-0.3, -0.25) is 0 Å². The lowest BCUT2D eigenvalue weighted by Crippen LogP contribution is -2.45. The summed E-state index contributed by atoms with van der Waals surface area (Å²) >= 11 is 7.10. The highest BCUT2D eigenvalue weighted by atomic mass is 35.5. The Morgan fingerprint density at radius 3 is 2.31 bits per heavy atom. The van der Waals surface area contributed by atoms with Crippen LogP contribution in [0.1, 0.15) is 43.4 Å². The first kappa shape index (κ1) is 22.6. The largest absolute Gasteiger partial charge is 0.416 e. The van der Waals surface area contributed by atoms with Crippen LogP contribution in [-0.2, 0) is 16.2 Å². The minimum absolute atomic E-state index is 0.0859. The molecular weight excluding hydrogens is 445 g/mol. The van der Waals surface area contributed by atoms with Crippen LogP contribution in [0.2, 0.25) is 5.02 Å². The van der Waals surface area contributed by atoms with E-state index < -0.39 is 21.8 Å². The number of rotatable bonds is 6. The van der Waals surface area contributed by atoms with Gasteiger partial charge in [-0.25, -0.2) is 8.42 Å². The Balaban J connectivity index is 1.61. The van der Waals surface area contributed by atoms with E-state index in [1.54, 1.807) is 11.4 Å². The average Bonchev–Trinajstić information content (AvgIpc) is 3.13. The third kappa shape index (κ3) is 5.14. The van der Waals surface area contributed by atoms with Crippen LogP contribution < -0.4 is 5.32 Å². The zero-order valence-corrected chi connectivity index (χ0v) is 18.1. The van der Waals surface area contributed by atoms with Gasteiger partial charge in [0.2, 0.25) is 0 Å². The summed E-state index contributed by atoms with van der Waals surface area (Å²) in [6.45, 7) is 2.71. The first-order valence-electron chi connectivity index (χ1n) is 9.29. The number of nitrogens with zero attached hydrogens (tertiary/aromatic N) is 1. The summed E-state index contributed by atoms with van der Waals surface area (Å²) in [6.07, 6.45) is -2.38. The number of piperidine rings is 1. The number of hydrogen-bond acceptors (Lipinski definition) is 4. The molecule has 0 saturated carbocycles. The fraction of sp³-hybridized carbons (Fsp3) is 0.474. The first-order chi connectivity index (χ1) is 13.6. The zero-order valence-electron chi connectivity index (χ0n) is 15.7. The third-order valence-electron chi connectivity index (χ3n) is 5.10. The van der Waals surface area contributed by atoms with Crippen LogP contribution in [0.15, 0.2) is 39.9 Å². The Morgan fingerprint density at radius 2 is 1.83 bits per heavy atom. The van der Waals surface area contributed by atoms with Crippen LogP contribution >= 0.6 is 22.9 Å². The van der Waals surface area contributed by atoms with Crippen molar-refractivity contribution in [1.29, 1.82) is 0 Å². The summed E-state index contributed by atoms with van der Waals surface area (Å²) in [7, 11) is -3.59. The molecule has 1 aromatic heterocycles. The summed E-state index contributed by atoms with van der Waals surface area (Å²) in [6, 6.07) is 6.78. The van der Waals surface area contributed by atoms with Gasteiger partial charge in [-0.15, -0.1) is 11.3 Å². The minimum atomic E-state index is -4.35. The molecule has 0 spiro atoms. The van der Waals surface area contributed by atoms with E-state index in [9.17, 15) is 21.6 Å². The highest BCUT2D eigenvalue weighted by molar-refractivity contribution is 7.91. The van der Waals surface area contributed by atoms with Crippen molar-refractivity contribution in [3.63, 3.8) is 0 Å². The molecule has 1 saturated heterocycles. The Kier molecular flexibility index (Phi) is 6.95. The van der Waals surface area contributed by atoms with Crippen molar-refractivity contribution in [2.75, 3.05) is 13.1 Å². The van der Waals surface area contributed by atoms with Gasteiger partial charge in [0.05, 0.1) is 10.6 Å². The molecule has 1 aliphatic heterocycles. The number of alkyl halides is 3. The fourth-order valence-electron chi connectivity index (χ4n) is 3.48. The molecule has 1 fully saturated rings. The van der Waals surface area contributed by atoms with Crippen molar-refractivity contribution < 1.29 is 21.6 Å². The smallest absolute Gasteiger partial charge is 0.307 e. The van der Waals surface area contributed by atoms with Gasteiger partial charge in [-0.05, 0) is 48.4 Å². The second-order valence-corrected chi connectivity index (χ2v) is 10.4. The minimum Gasteiger partial charge on any atom is -0.307 e. The molecule has 1 aliphatic rings. The number of sulfonamides is 1. The molecule has 2 heterocycles. The predicted octanol–water partition coefficient (Wildman–Crippen LogP) is 5.31. The molecule has 0 bridgehead atoms. The lowest BCUT2D eigenvalue weighted by molar-refractivity contribution is -0.137. The molecule has 0 amide bonds. The van der Waals surface area contributed by atoms with Crippen molar-refractivity contribution >= 4 is 33.0 Å². The van der Waals surface area contributed by atoms with Gasteiger partial charge in [-0.2, -0.15) is 17.5 Å². The van der Waals surface area contributed by atoms with E-state index in [4.69, 9.17) is 11.6 Å². The topological polar surface area (TPSA) is 49.4 Å². The number of nitrogens with one attached hydrogen (secondary N) is 1. The van der Waals surface area contributed by atoms with Gasteiger partial charge >= 0.3 is 6.18 Å². The molecular formula is C19H22ClF3N2O2S2. The summed E-state index contributed by atoms with van der Waals surface area (Å²) in [4.78, 5) is 0. The summed E-state index contributed by atoms with van der Waals surface area (Å²) in [5, 5.41) is 5.36. The Hall–Kier alpha value is -1.13. The maximum atomic E-state index is 12.8. The van der Waals surface area contributed by atoms with E-state index in [0.29, 0.717) is 32.4 Å². The average molecular weight is 467 g/mol. The van der Waals surface area contributed by atoms with Gasteiger partial charge in [-0.1, -0.05) is 30.7 Å². The highest BCUT2D eigenvalue weighted by Gasteiger charge is 2.33. The summed E-state index contributed by atoms with van der Waals surface area (Å²) < 4.78 is 65.3. The SMILES string of the molecule is CCC(NC1CCN(S(=O)(=O)c2sccc2Cl)CC1)c1ccc(C(F)(F)F)cc1. The Morgan fingerprint density at radius 1 is 1.21 bits per heavy atom. The predicted molar refractivity (Wildman–Crippen MR) is 109 cm³/mol. The molecule has 1 unspecified atom stereocenters. The molecule has 1 N–H and O–H groups in total.